The second-order valence-electron chi connectivity index (χ2n) is 6.71. The van der Waals surface area contributed by atoms with Gasteiger partial charge in [0.2, 0.25) is 17.7 Å². The fraction of sp³-hybridized carbons (Fsp3) is 0.500. The monoisotopic (exact) mass is 348 g/mol. The normalized spacial score (nSPS) is 19.8. The van der Waals surface area contributed by atoms with E-state index >= 15 is 0 Å². The Kier molecular flexibility index (Phi) is 4.90. The Balaban J connectivity index is 1.58. The smallest absolute Gasteiger partial charge is 0.240 e. The Morgan fingerprint density at radius 3 is 2.67 bits per heavy atom. The van der Waals surface area contributed by atoms with Crippen molar-refractivity contribution >= 4 is 29.3 Å². The molecule has 0 aromatic heterocycles. The molecule has 0 bridgehead atoms. The quantitative estimate of drug-likeness (QED) is 0.851. The fourth-order valence-corrected chi connectivity index (χ4v) is 3.90. The molecule has 1 heterocycles. The first-order valence-electron chi connectivity index (χ1n) is 8.36. The maximum absolute atomic E-state index is 12.7. The average molecular weight is 349 g/mol. The molecule has 6 heteroatoms. The van der Waals surface area contributed by atoms with E-state index in [1.54, 1.807) is 12.1 Å². The molecule has 0 unspecified atom stereocenters. The van der Waals surface area contributed by atoms with Crippen molar-refractivity contribution in [2.75, 3.05) is 6.54 Å². The Morgan fingerprint density at radius 2 is 1.96 bits per heavy atom. The molecule has 1 N–H and O–H groups in total. The van der Waals surface area contributed by atoms with E-state index in [0.717, 1.165) is 42.6 Å². The highest BCUT2D eigenvalue weighted by Crippen LogP contribution is 2.45. The van der Waals surface area contributed by atoms with Crippen LogP contribution in [0.5, 0.6) is 0 Å². The van der Waals surface area contributed by atoms with Gasteiger partial charge in [-0.15, -0.1) is 0 Å². The molecule has 1 spiro atoms. The van der Waals surface area contributed by atoms with E-state index < -0.39 is 5.41 Å². The van der Waals surface area contributed by atoms with Gasteiger partial charge in [0, 0.05) is 18.0 Å². The van der Waals surface area contributed by atoms with Crippen molar-refractivity contribution in [1.82, 2.24) is 10.2 Å². The van der Waals surface area contributed by atoms with Crippen LogP contribution in [-0.2, 0) is 20.9 Å². The van der Waals surface area contributed by atoms with Gasteiger partial charge in [-0.25, -0.2) is 0 Å². The third-order valence-corrected chi connectivity index (χ3v) is 5.22. The summed E-state index contributed by atoms with van der Waals surface area (Å²) in [6.07, 6.45) is 4.86. The molecule has 1 aromatic rings. The molecule has 3 amide bonds. The third-order valence-electron chi connectivity index (χ3n) is 4.98. The predicted molar refractivity (Wildman–Crippen MR) is 90.2 cm³/mol. The van der Waals surface area contributed by atoms with Gasteiger partial charge in [-0.05, 0) is 30.5 Å². The van der Waals surface area contributed by atoms with Gasteiger partial charge < -0.3 is 5.32 Å². The first-order valence-corrected chi connectivity index (χ1v) is 8.74. The van der Waals surface area contributed by atoms with Crippen molar-refractivity contribution in [3.63, 3.8) is 0 Å². The molecule has 1 aliphatic heterocycles. The number of imide groups is 1. The number of amides is 3. The third kappa shape index (κ3) is 3.46. The number of likely N-dealkylation sites (tertiary alicyclic amines) is 1. The Labute approximate surface area is 146 Å². The van der Waals surface area contributed by atoms with Crippen LogP contribution in [0.15, 0.2) is 24.3 Å². The zero-order valence-electron chi connectivity index (χ0n) is 13.5. The second kappa shape index (κ2) is 6.93. The molecule has 1 aromatic carbocycles. The maximum Gasteiger partial charge on any atom is 0.240 e. The van der Waals surface area contributed by atoms with Crippen LogP contribution in [0.1, 0.15) is 44.1 Å². The van der Waals surface area contributed by atoms with E-state index in [4.69, 9.17) is 11.6 Å². The first-order chi connectivity index (χ1) is 11.5. The van der Waals surface area contributed by atoms with Crippen LogP contribution in [0.2, 0.25) is 5.02 Å². The fourth-order valence-electron chi connectivity index (χ4n) is 3.69. The summed E-state index contributed by atoms with van der Waals surface area (Å²) in [5.41, 5.74) is 0.335. The number of carbonyl (C=O) groups is 3. The SMILES string of the molecule is O=C(CN1C(=O)CC2(CCCCC2)C1=O)NCc1cccc(Cl)c1. The van der Waals surface area contributed by atoms with Gasteiger partial charge in [0.15, 0.2) is 0 Å². The van der Waals surface area contributed by atoms with Crippen molar-refractivity contribution < 1.29 is 14.4 Å². The van der Waals surface area contributed by atoms with Crippen molar-refractivity contribution in [2.45, 2.75) is 45.1 Å². The predicted octanol–water partition coefficient (Wildman–Crippen LogP) is 2.67. The Hall–Kier alpha value is -1.88. The summed E-state index contributed by atoms with van der Waals surface area (Å²) in [6, 6.07) is 7.20. The lowest BCUT2D eigenvalue weighted by atomic mass is 9.73. The summed E-state index contributed by atoms with van der Waals surface area (Å²) in [7, 11) is 0. The maximum atomic E-state index is 12.7. The highest BCUT2D eigenvalue weighted by atomic mass is 35.5. The lowest BCUT2D eigenvalue weighted by Gasteiger charge is -2.30. The van der Waals surface area contributed by atoms with Crippen molar-refractivity contribution in [3.05, 3.63) is 34.9 Å². The molecule has 2 fully saturated rings. The summed E-state index contributed by atoms with van der Waals surface area (Å²) in [4.78, 5) is 38.1. The van der Waals surface area contributed by atoms with Gasteiger partial charge in [0.05, 0.1) is 5.41 Å². The number of halogens is 1. The molecular formula is C18H21ClN2O3. The number of carbonyl (C=O) groups excluding carboxylic acids is 3. The van der Waals surface area contributed by atoms with Gasteiger partial charge in [-0.3, -0.25) is 19.3 Å². The minimum atomic E-state index is -0.539. The van der Waals surface area contributed by atoms with Gasteiger partial charge in [0.1, 0.15) is 6.54 Å². The molecule has 2 aliphatic rings. The zero-order valence-corrected chi connectivity index (χ0v) is 14.3. The van der Waals surface area contributed by atoms with Crippen LogP contribution >= 0.6 is 11.6 Å². The van der Waals surface area contributed by atoms with Crippen LogP contribution in [0.3, 0.4) is 0 Å². The van der Waals surface area contributed by atoms with Crippen LogP contribution in [0.4, 0.5) is 0 Å². The number of benzene rings is 1. The molecule has 0 radical (unpaired) electrons. The van der Waals surface area contributed by atoms with Gasteiger partial charge in [0.25, 0.3) is 0 Å². The Morgan fingerprint density at radius 1 is 1.21 bits per heavy atom. The number of hydrogen-bond donors (Lipinski definition) is 1. The van der Waals surface area contributed by atoms with Gasteiger partial charge in [-0.2, -0.15) is 0 Å². The number of nitrogens with one attached hydrogen (secondary N) is 1. The molecule has 24 heavy (non-hydrogen) atoms. The van der Waals surface area contributed by atoms with Crippen molar-refractivity contribution in [2.24, 2.45) is 5.41 Å². The molecular weight excluding hydrogens is 328 g/mol. The largest absolute Gasteiger partial charge is 0.350 e. The van der Waals surface area contributed by atoms with E-state index in [9.17, 15) is 14.4 Å². The molecule has 3 rings (SSSR count). The molecule has 128 valence electrons. The van der Waals surface area contributed by atoms with Crippen LogP contribution in [0, 0.1) is 5.41 Å². The van der Waals surface area contributed by atoms with E-state index in [1.807, 2.05) is 12.1 Å². The molecule has 5 nitrogen and oxygen atoms in total. The van der Waals surface area contributed by atoms with E-state index in [-0.39, 0.29) is 30.7 Å². The lowest BCUT2D eigenvalue weighted by molar-refractivity contribution is -0.145. The summed E-state index contributed by atoms with van der Waals surface area (Å²) in [5.74, 6) is -0.713. The number of nitrogens with zero attached hydrogens (tertiary/aromatic N) is 1. The summed E-state index contributed by atoms with van der Waals surface area (Å²) >= 11 is 5.91. The van der Waals surface area contributed by atoms with E-state index in [1.165, 1.54) is 0 Å². The topological polar surface area (TPSA) is 66.5 Å². The lowest BCUT2D eigenvalue weighted by Crippen LogP contribution is -2.42. The minimum Gasteiger partial charge on any atom is -0.350 e. The van der Waals surface area contributed by atoms with Gasteiger partial charge in [-0.1, -0.05) is 43.0 Å². The highest BCUT2D eigenvalue weighted by molar-refractivity contribution is 6.30. The summed E-state index contributed by atoms with van der Waals surface area (Å²) in [6.45, 7) is 0.126. The van der Waals surface area contributed by atoms with Crippen molar-refractivity contribution in [1.29, 1.82) is 0 Å². The minimum absolute atomic E-state index is 0.162. The van der Waals surface area contributed by atoms with Crippen molar-refractivity contribution in [3.8, 4) is 0 Å². The van der Waals surface area contributed by atoms with E-state index in [0.29, 0.717) is 11.6 Å². The summed E-state index contributed by atoms with van der Waals surface area (Å²) in [5, 5.41) is 3.34. The molecule has 1 saturated heterocycles. The zero-order chi connectivity index (χ0) is 17.2. The molecule has 0 atom stereocenters. The summed E-state index contributed by atoms with van der Waals surface area (Å²) < 4.78 is 0. The Bertz CT molecular complexity index is 668. The average Bonchev–Trinajstić information content (AvgIpc) is 2.78. The standard InChI is InChI=1S/C18H21ClN2O3/c19-14-6-4-5-13(9-14)11-20-15(22)12-21-16(23)10-18(17(21)24)7-2-1-3-8-18/h4-6,9H,1-3,7-8,10-12H2,(H,20,22). The van der Waals surface area contributed by atoms with E-state index in [2.05, 4.69) is 5.32 Å². The molecule has 1 saturated carbocycles. The second-order valence-corrected chi connectivity index (χ2v) is 7.15. The van der Waals surface area contributed by atoms with Crippen LogP contribution in [0.25, 0.3) is 0 Å². The first kappa shape index (κ1) is 17.0. The number of rotatable bonds is 4. The number of hydrogen-bond acceptors (Lipinski definition) is 3. The molecule has 1 aliphatic carbocycles. The highest BCUT2D eigenvalue weighted by Gasteiger charge is 2.51. The van der Waals surface area contributed by atoms with Crippen LogP contribution < -0.4 is 5.32 Å². The van der Waals surface area contributed by atoms with Gasteiger partial charge >= 0.3 is 0 Å². The van der Waals surface area contributed by atoms with Crippen LogP contribution in [-0.4, -0.2) is 29.2 Å².